The summed E-state index contributed by atoms with van der Waals surface area (Å²) >= 11 is 0. The number of Topliss-reactive ketones (excluding diaryl/α,β-unsaturated/α-hetero) is 1. The maximum Gasteiger partial charge on any atom is 0.163 e. The number of hydrogen-bond donors (Lipinski definition) is 0. The van der Waals surface area contributed by atoms with E-state index >= 15 is 0 Å². The molecular formula is C15H19NO. The molecule has 2 atom stereocenters. The lowest BCUT2D eigenvalue weighted by Crippen LogP contribution is -2.38. The van der Waals surface area contributed by atoms with E-state index in [2.05, 4.69) is 24.1 Å². The number of benzene rings is 1. The molecule has 1 saturated heterocycles. The fourth-order valence-corrected chi connectivity index (χ4v) is 3.36. The molecule has 90 valence electrons. The van der Waals surface area contributed by atoms with E-state index < -0.39 is 0 Å². The largest absolute Gasteiger partial charge is 0.306 e. The SMILES string of the molecule is CN1CCC2CC(=O)c3ccccc3CC2C1. The number of ketones is 1. The van der Waals surface area contributed by atoms with Crippen molar-refractivity contribution in [2.45, 2.75) is 19.3 Å². The Morgan fingerprint density at radius 3 is 2.88 bits per heavy atom. The van der Waals surface area contributed by atoms with Gasteiger partial charge >= 0.3 is 0 Å². The lowest BCUT2D eigenvalue weighted by Gasteiger charge is -2.35. The zero-order valence-corrected chi connectivity index (χ0v) is 10.4. The fourth-order valence-electron chi connectivity index (χ4n) is 3.36. The number of piperidine rings is 1. The third kappa shape index (κ3) is 2.02. The summed E-state index contributed by atoms with van der Waals surface area (Å²) in [4.78, 5) is 14.6. The van der Waals surface area contributed by atoms with Crippen molar-refractivity contribution in [2.24, 2.45) is 11.8 Å². The van der Waals surface area contributed by atoms with Crippen molar-refractivity contribution in [1.29, 1.82) is 0 Å². The summed E-state index contributed by atoms with van der Waals surface area (Å²) in [7, 11) is 2.19. The third-order valence-electron chi connectivity index (χ3n) is 4.34. The average Bonchev–Trinajstić information content (AvgIpc) is 2.46. The summed E-state index contributed by atoms with van der Waals surface area (Å²) in [6.45, 7) is 2.29. The van der Waals surface area contributed by atoms with Crippen LogP contribution in [0.1, 0.15) is 28.8 Å². The summed E-state index contributed by atoms with van der Waals surface area (Å²) < 4.78 is 0. The Balaban J connectivity index is 1.94. The maximum absolute atomic E-state index is 12.2. The van der Waals surface area contributed by atoms with Gasteiger partial charge in [-0.15, -0.1) is 0 Å². The minimum Gasteiger partial charge on any atom is -0.306 e. The molecule has 0 spiro atoms. The number of fused-ring (bicyclic) bond motifs is 2. The normalized spacial score (nSPS) is 29.4. The van der Waals surface area contributed by atoms with Crippen LogP contribution in [0.4, 0.5) is 0 Å². The molecule has 0 saturated carbocycles. The van der Waals surface area contributed by atoms with Gasteiger partial charge in [0, 0.05) is 18.5 Å². The smallest absolute Gasteiger partial charge is 0.163 e. The molecule has 0 radical (unpaired) electrons. The molecule has 2 aliphatic rings. The zero-order valence-electron chi connectivity index (χ0n) is 10.4. The molecule has 1 heterocycles. The summed E-state index contributed by atoms with van der Waals surface area (Å²) in [6.07, 6.45) is 3.02. The van der Waals surface area contributed by atoms with Gasteiger partial charge in [0.1, 0.15) is 0 Å². The van der Waals surface area contributed by atoms with Crippen LogP contribution >= 0.6 is 0 Å². The molecule has 17 heavy (non-hydrogen) atoms. The molecule has 1 aliphatic heterocycles. The first-order chi connectivity index (χ1) is 8.24. The van der Waals surface area contributed by atoms with Crippen LogP contribution in [0.15, 0.2) is 24.3 Å². The molecule has 0 N–H and O–H groups in total. The standard InChI is InChI=1S/C15H19NO/c1-16-7-6-11-9-15(17)14-5-3-2-4-12(14)8-13(11)10-16/h2-5,11,13H,6-10H2,1H3. The second-order valence-corrected chi connectivity index (χ2v) is 5.56. The van der Waals surface area contributed by atoms with Crippen LogP contribution in [0.5, 0.6) is 0 Å². The molecule has 1 aliphatic carbocycles. The molecule has 0 amide bonds. The Morgan fingerprint density at radius 2 is 2.00 bits per heavy atom. The predicted molar refractivity (Wildman–Crippen MR) is 68.2 cm³/mol. The van der Waals surface area contributed by atoms with Gasteiger partial charge in [-0.1, -0.05) is 24.3 Å². The van der Waals surface area contributed by atoms with E-state index in [9.17, 15) is 4.79 Å². The van der Waals surface area contributed by atoms with E-state index in [1.807, 2.05) is 12.1 Å². The van der Waals surface area contributed by atoms with Crippen molar-refractivity contribution < 1.29 is 4.79 Å². The maximum atomic E-state index is 12.2. The minimum atomic E-state index is 0.359. The Morgan fingerprint density at radius 1 is 1.18 bits per heavy atom. The molecule has 0 bridgehead atoms. The van der Waals surface area contributed by atoms with Gasteiger partial charge in [0.25, 0.3) is 0 Å². The first-order valence-corrected chi connectivity index (χ1v) is 6.53. The molecule has 0 aromatic heterocycles. The topological polar surface area (TPSA) is 20.3 Å². The molecule has 1 aromatic carbocycles. The predicted octanol–water partition coefficient (Wildman–Crippen LogP) is 2.38. The summed E-state index contributed by atoms with van der Waals surface area (Å²) in [5, 5.41) is 0. The van der Waals surface area contributed by atoms with Gasteiger partial charge in [-0.2, -0.15) is 0 Å². The van der Waals surface area contributed by atoms with Gasteiger partial charge in [0.2, 0.25) is 0 Å². The highest BCUT2D eigenvalue weighted by Gasteiger charge is 2.33. The second kappa shape index (κ2) is 4.26. The first kappa shape index (κ1) is 11.0. The van der Waals surface area contributed by atoms with Crippen molar-refractivity contribution in [3.05, 3.63) is 35.4 Å². The number of rotatable bonds is 0. The van der Waals surface area contributed by atoms with Crippen molar-refractivity contribution in [3.8, 4) is 0 Å². The van der Waals surface area contributed by atoms with Gasteiger partial charge < -0.3 is 4.90 Å². The fraction of sp³-hybridized carbons (Fsp3) is 0.533. The van der Waals surface area contributed by atoms with E-state index in [0.717, 1.165) is 31.5 Å². The zero-order chi connectivity index (χ0) is 11.8. The van der Waals surface area contributed by atoms with Crippen LogP contribution in [-0.4, -0.2) is 30.8 Å². The Kier molecular flexibility index (Phi) is 2.75. The average molecular weight is 229 g/mol. The molecule has 2 unspecified atom stereocenters. The third-order valence-corrected chi connectivity index (χ3v) is 4.34. The highest BCUT2D eigenvalue weighted by molar-refractivity contribution is 5.98. The van der Waals surface area contributed by atoms with Crippen LogP contribution in [0, 0.1) is 11.8 Å². The number of likely N-dealkylation sites (tertiary alicyclic amines) is 1. The van der Waals surface area contributed by atoms with Gasteiger partial charge in [0.05, 0.1) is 0 Å². The molecular weight excluding hydrogens is 210 g/mol. The summed E-state index contributed by atoms with van der Waals surface area (Å²) in [5.41, 5.74) is 2.24. The van der Waals surface area contributed by atoms with Gasteiger partial charge in [-0.05, 0) is 43.8 Å². The van der Waals surface area contributed by atoms with Crippen LogP contribution < -0.4 is 0 Å². The van der Waals surface area contributed by atoms with Crippen molar-refractivity contribution >= 4 is 5.78 Å². The first-order valence-electron chi connectivity index (χ1n) is 6.53. The minimum absolute atomic E-state index is 0.359. The van der Waals surface area contributed by atoms with Crippen LogP contribution in [0.2, 0.25) is 0 Å². The number of hydrogen-bond acceptors (Lipinski definition) is 2. The quantitative estimate of drug-likeness (QED) is 0.681. The Hall–Kier alpha value is -1.15. The molecule has 2 heteroatoms. The van der Waals surface area contributed by atoms with Crippen molar-refractivity contribution in [1.82, 2.24) is 4.90 Å². The van der Waals surface area contributed by atoms with E-state index in [1.54, 1.807) is 0 Å². The Labute approximate surface area is 103 Å². The van der Waals surface area contributed by atoms with Crippen LogP contribution in [-0.2, 0) is 6.42 Å². The van der Waals surface area contributed by atoms with Gasteiger partial charge in [0.15, 0.2) is 5.78 Å². The Bertz CT molecular complexity index is 440. The van der Waals surface area contributed by atoms with Crippen LogP contribution in [0.25, 0.3) is 0 Å². The summed E-state index contributed by atoms with van der Waals surface area (Å²) in [6, 6.07) is 8.17. The summed E-state index contributed by atoms with van der Waals surface area (Å²) in [5.74, 6) is 1.63. The lowest BCUT2D eigenvalue weighted by molar-refractivity contribution is 0.0890. The molecule has 2 nitrogen and oxygen atoms in total. The monoisotopic (exact) mass is 229 g/mol. The van der Waals surface area contributed by atoms with Crippen molar-refractivity contribution in [2.75, 3.05) is 20.1 Å². The second-order valence-electron chi connectivity index (χ2n) is 5.56. The molecule has 1 aromatic rings. The van der Waals surface area contributed by atoms with Crippen molar-refractivity contribution in [3.63, 3.8) is 0 Å². The van der Waals surface area contributed by atoms with E-state index in [1.165, 1.54) is 12.0 Å². The number of nitrogens with zero attached hydrogens (tertiary/aromatic N) is 1. The highest BCUT2D eigenvalue weighted by atomic mass is 16.1. The molecule has 1 fully saturated rings. The van der Waals surface area contributed by atoms with Crippen LogP contribution in [0.3, 0.4) is 0 Å². The lowest BCUT2D eigenvalue weighted by atomic mass is 9.81. The molecule has 3 rings (SSSR count). The van der Waals surface area contributed by atoms with E-state index in [-0.39, 0.29) is 0 Å². The van der Waals surface area contributed by atoms with E-state index in [0.29, 0.717) is 17.6 Å². The number of carbonyl (C=O) groups excluding carboxylic acids is 1. The number of carbonyl (C=O) groups is 1. The van der Waals surface area contributed by atoms with Gasteiger partial charge in [-0.3, -0.25) is 4.79 Å². The van der Waals surface area contributed by atoms with Gasteiger partial charge in [-0.25, -0.2) is 0 Å². The van der Waals surface area contributed by atoms with E-state index in [4.69, 9.17) is 0 Å². The highest BCUT2D eigenvalue weighted by Crippen LogP contribution is 2.34.